The van der Waals surface area contributed by atoms with Crippen LogP contribution in [0.2, 0.25) is 0 Å². The van der Waals surface area contributed by atoms with E-state index < -0.39 is 0 Å². The van der Waals surface area contributed by atoms with Gasteiger partial charge in [-0.2, -0.15) is 10.2 Å². The van der Waals surface area contributed by atoms with Crippen LogP contribution in [0.25, 0.3) is 0 Å². The number of hydrogen-bond acceptors (Lipinski definition) is 6. The van der Waals surface area contributed by atoms with Crippen molar-refractivity contribution in [1.29, 1.82) is 0 Å². The summed E-state index contributed by atoms with van der Waals surface area (Å²) in [6.07, 6.45) is 1.59. The summed E-state index contributed by atoms with van der Waals surface area (Å²) in [5.41, 5.74) is 3.12. The van der Waals surface area contributed by atoms with Gasteiger partial charge in [-0.1, -0.05) is 6.92 Å². The highest BCUT2D eigenvalue weighted by Crippen LogP contribution is 2.25. The Bertz CT molecular complexity index is 658. The smallest absolute Gasteiger partial charge is 0.259 e. The third-order valence-electron chi connectivity index (χ3n) is 3.39. The second-order valence-electron chi connectivity index (χ2n) is 4.97. The Morgan fingerprint density at radius 3 is 3.10 bits per heavy atom. The zero-order valence-electron chi connectivity index (χ0n) is 12.1. The van der Waals surface area contributed by atoms with Crippen LogP contribution in [0.15, 0.2) is 6.07 Å². The van der Waals surface area contributed by atoms with E-state index >= 15 is 0 Å². The van der Waals surface area contributed by atoms with Gasteiger partial charge in [-0.25, -0.2) is 4.98 Å². The van der Waals surface area contributed by atoms with Crippen molar-refractivity contribution in [2.75, 3.05) is 11.9 Å². The van der Waals surface area contributed by atoms with Crippen LogP contribution in [0.4, 0.5) is 5.13 Å². The molecule has 0 aromatic carbocycles. The summed E-state index contributed by atoms with van der Waals surface area (Å²) in [5.74, 6) is -0.163. The molecule has 0 saturated carbocycles. The van der Waals surface area contributed by atoms with E-state index in [-0.39, 0.29) is 5.91 Å². The Morgan fingerprint density at radius 1 is 1.48 bits per heavy atom. The van der Waals surface area contributed by atoms with Gasteiger partial charge in [-0.3, -0.25) is 10.1 Å². The van der Waals surface area contributed by atoms with Gasteiger partial charge < -0.3 is 5.32 Å². The molecule has 0 bridgehead atoms. The zero-order chi connectivity index (χ0) is 14.8. The van der Waals surface area contributed by atoms with Gasteiger partial charge in [-0.05, 0) is 19.4 Å². The number of amides is 1. The number of aromatic nitrogens is 3. The van der Waals surface area contributed by atoms with Crippen molar-refractivity contribution in [3.05, 3.63) is 33.6 Å². The lowest BCUT2D eigenvalue weighted by Gasteiger charge is -2.09. The van der Waals surface area contributed by atoms with E-state index in [4.69, 9.17) is 0 Å². The number of thiazole rings is 1. The number of fused-ring (bicyclic) bond motifs is 1. The van der Waals surface area contributed by atoms with Crippen molar-refractivity contribution >= 4 is 22.4 Å². The van der Waals surface area contributed by atoms with E-state index in [0.29, 0.717) is 22.8 Å². The minimum absolute atomic E-state index is 0.163. The first-order valence-electron chi connectivity index (χ1n) is 7.01. The second-order valence-corrected chi connectivity index (χ2v) is 6.05. The summed E-state index contributed by atoms with van der Waals surface area (Å²) in [7, 11) is 0. The summed E-state index contributed by atoms with van der Waals surface area (Å²) >= 11 is 1.53. The maximum Gasteiger partial charge on any atom is 0.259 e. The molecule has 2 aromatic rings. The maximum absolute atomic E-state index is 12.4. The Hall–Kier alpha value is -1.86. The van der Waals surface area contributed by atoms with Gasteiger partial charge in [0.05, 0.1) is 22.6 Å². The molecule has 0 unspecified atom stereocenters. The van der Waals surface area contributed by atoms with Crippen LogP contribution < -0.4 is 10.6 Å². The molecule has 3 heterocycles. The predicted molar refractivity (Wildman–Crippen MR) is 81.6 cm³/mol. The van der Waals surface area contributed by atoms with Crippen LogP contribution in [0.5, 0.6) is 0 Å². The molecule has 0 radical (unpaired) electrons. The summed E-state index contributed by atoms with van der Waals surface area (Å²) < 4.78 is 0. The summed E-state index contributed by atoms with van der Waals surface area (Å²) in [4.78, 5) is 18.1. The number of carbonyl (C=O) groups is 1. The number of hydrogen-bond donors (Lipinski definition) is 2. The third-order valence-corrected chi connectivity index (χ3v) is 4.41. The molecule has 1 aliphatic rings. The van der Waals surface area contributed by atoms with Gasteiger partial charge in [-0.15, -0.1) is 11.3 Å². The van der Waals surface area contributed by atoms with Crippen LogP contribution in [-0.4, -0.2) is 27.6 Å². The molecular formula is C14H17N5OS. The average molecular weight is 303 g/mol. The monoisotopic (exact) mass is 303 g/mol. The lowest BCUT2D eigenvalue weighted by Crippen LogP contribution is -2.22. The Balaban J connectivity index is 1.83. The van der Waals surface area contributed by atoms with Gasteiger partial charge in [0.1, 0.15) is 0 Å². The Kier molecular flexibility index (Phi) is 3.94. The van der Waals surface area contributed by atoms with E-state index in [9.17, 15) is 4.79 Å². The van der Waals surface area contributed by atoms with Crippen LogP contribution in [0.1, 0.15) is 39.2 Å². The third kappa shape index (κ3) is 2.93. The number of nitrogens with one attached hydrogen (secondary N) is 2. The highest BCUT2D eigenvalue weighted by Gasteiger charge is 2.18. The lowest BCUT2D eigenvalue weighted by molar-refractivity contribution is 0.102. The SMILES string of the molecule is CCc1nnc(C)cc1C(=O)Nc1nc2c(s1)CNCC2. The Morgan fingerprint density at radius 2 is 2.33 bits per heavy atom. The first-order valence-corrected chi connectivity index (χ1v) is 7.83. The fourth-order valence-electron chi connectivity index (χ4n) is 2.32. The Labute approximate surface area is 127 Å². The van der Waals surface area contributed by atoms with Crippen molar-refractivity contribution in [2.24, 2.45) is 0 Å². The largest absolute Gasteiger partial charge is 0.311 e. The quantitative estimate of drug-likeness (QED) is 0.902. The first kappa shape index (κ1) is 14.1. The van der Waals surface area contributed by atoms with Crippen molar-refractivity contribution in [2.45, 2.75) is 33.2 Å². The highest BCUT2D eigenvalue weighted by molar-refractivity contribution is 7.15. The second kappa shape index (κ2) is 5.87. The van der Waals surface area contributed by atoms with Crippen LogP contribution in [0.3, 0.4) is 0 Å². The number of nitrogens with zero attached hydrogens (tertiary/aromatic N) is 3. The van der Waals surface area contributed by atoms with Gasteiger partial charge in [0.2, 0.25) is 0 Å². The van der Waals surface area contributed by atoms with Gasteiger partial charge in [0.25, 0.3) is 5.91 Å². The summed E-state index contributed by atoms with van der Waals surface area (Å²) in [6, 6.07) is 1.77. The van der Waals surface area contributed by atoms with E-state index in [1.807, 2.05) is 13.8 Å². The molecule has 7 heteroatoms. The molecule has 2 N–H and O–H groups in total. The fourth-order valence-corrected chi connectivity index (χ4v) is 3.29. The number of aryl methyl sites for hydroxylation is 2. The fraction of sp³-hybridized carbons (Fsp3) is 0.429. The average Bonchev–Trinajstić information content (AvgIpc) is 2.89. The van der Waals surface area contributed by atoms with Gasteiger partial charge >= 0.3 is 0 Å². The molecule has 0 fully saturated rings. The number of anilines is 1. The van der Waals surface area contributed by atoms with Crippen LogP contribution >= 0.6 is 11.3 Å². The van der Waals surface area contributed by atoms with E-state index in [0.717, 1.165) is 30.9 Å². The molecule has 2 aromatic heterocycles. The van der Waals surface area contributed by atoms with E-state index in [1.165, 1.54) is 16.2 Å². The minimum Gasteiger partial charge on any atom is -0.311 e. The number of carbonyl (C=O) groups excluding carboxylic acids is 1. The summed E-state index contributed by atoms with van der Waals surface area (Å²) in [5, 5.41) is 14.9. The van der Waals surface area contributed by atoms with Crippen molar-refractivity contribution in [1.82, 2.24) is 20.5 Å². The molecule has 0 spiro atoms. The molecule has 0 saturated heterocycles. The predicted octanol–water partition coefficient (Wildman–Crippen LogP) is 1.70. The molecule has 6 nitrogen and oxygen atoms in total. The topological polar surface area (TPSA) is 79.8 Å². The number of rotatable bonds is 3. The molecule has 3 rings (SSSR count). The van der Waals surface area contributed by atoms with Crippen LogP contribution in [-0.2, 0) is 19.4 Å². The molecule has 21 heavy (non-hydrogen) atoms. The van der Waals surface area contributed by atoms with Crippen molar-refractivity contribution in [3.63, 3.8) is 0 Å². The van der Waals surface area contributed by atoms with Gasteiger partial charge in [0.15, 0.2) is 5.13 Å². The normalized spacial score (nSPS) is 13.8. The minimum atomic E-state index is -0.163. The van der Waals surface area contributed by atoms with Crippen molar-refractivity contribution < 1.29 is 4.79 Å². The van der Waals surface area contributed by atoms with Crippen molar-refractivity contribution in [3.8, 4) is 0 Å². The molecule has 1 amide bonds. The molecule has 0 aliphatic carbocycles. The van der Waals surface area contributed by atoms with E-state index in [2.05, 4.69) is 25.8 Å². The molecule has 110 valence electrons. The zero-order valence-corrected chi connectivity index (χ0v) is 12.9. The summed E-state index contributed by atoms with van der Waals surface area (Å²) in [6.45, 7) is 5.57. The van der Waals surface area contributed by atoms with Crippen LogP contribution in [0, 0.1) is 6.92 Å². The standard InChI is InChI=1S/C14H17N5OS/c1-3-10-9(6-8(2)18-19-10)13(20)17-14-16-11-4-5-15-7-12(11)21-14/h6,15H,3-5,7H2,1-2H3,(H,16,17,20). The van der Waals surface area contributed by atoms with Gasteiger partial charge in [0, 0.05) is 24.4 Å². The van der Waals surface area contributed by atoms with E-state index in [1.54, 1.807) is 6.07 Å². The molecule has 1 aliphatic heterocycles. The highest BCUT2D eigenvalue weighted by atomic mass is 32.1. The first-order chi connectivity index (χ1) is 10.2. The molecule has 0 atom stereocenters. The maximum atomic E-state index is 12.4. The lowest BCUT2D eigenvalue weighted by atomic mass is 10.1. The molecular weight excluding hydrogens is 286 g/mol.